The van der Waals surface area contributed by atoms with Gasteiger partial charge in [-0.15, -0.1) is 35.7 Å². The lowest BCUT2D eigenvalue weighted by Gasteiger charge is -2.40. The second kappa shape index (κ2) is 13.3. The van der Waals surface area contributed by atoms with E-state index in [0.29, 0.717) is 12.8 Å². The van der Waals surface area contributed by atoms with Gasteiger partial charge in [0.05, 0.1) is 25.8 Å². The monoisotopic (exact) mass is 572 g/mol. The fourth-order valence-corrected chi connectivity index (χ4v) is 47.6. The molecule has 0 aromatic rings. The Kier molecular flexibility index (Phi) is 13.8. The summed E-state index contributed by atoms with van der Waals surface area (Å²) in [5, 5.41) is 20.7. The number of allylic oxidation sites excluding steroid dienone is 1. The van der Waals surface area contributed by atoms with Gasteiger partial charge in [0.25, 0.3) is 0 Å². The number of ketones is 1. The Morgan fingerprint density at radius 2 is 1.79 bits per heavy atom. The summed E-state index contributed by atoms with van der Waals surface area (Å²) in [6.45, 7) is 8.62. The normalized spacial score (nSPS) is 27.3. The molecule has 4 nitrogen and oxygen atoms in total. The summed E-state index contributed by atoms with van der Waals surface area (Å²) < 4.78 is 6.48. The van der Waals surface area contributed by atoms with E-state index in [-0.39, 0.29) is 24.1 Å². The topological polar surface area (TPSA) is 66.8 Å². The first-order valence-electron chi connectivity index (χ1n) is 9.37. The van der Waals surface area contributed by atoms with Crippen molar-refractivity contribution in [3.8, 4) is 0 Å². The maximum atomic E-state index is 13.2. The Hall–Kier alpha value is 3.16. The molecule has 0 aromatic heterocycles. The fourth-order valence-electron chi connectivity index (χ4n) is 3.52. The Morgan fingerprint density at radius 3 is 2.24 bits per heavy atom. The molecular weight excluding hydrogens is 535 g/mol. The smallest absolute Gasteiger partial charge is 0.138 e. The molecule has 0 heterocycles. The van der Waals surface area contributed by atoms with Crippen LogP contribution >= 0.6 is 73.1 Å². The standard InChI is InChI=1S/C16H37O4P9/c1-9-8-16(4,5)12(6-13(9)18)7-14(19)10(2)15(11(3)17)20-26(27(21)22)29(25)28(23)24/h8,10-13,15,17-18H,6-7,21-25H2,1-5H3/t10-,11+,12?,13-,15+,26?,29?/m0/s1. The maximum absolute atomic E-state index is 13.2. The van der Waals surface area contributed by atoms with Gasteiger partial charge in [-0.3, -0.25) is 4.79 Å². The van der Waals surface area contributed by atoms with Gasteiger partial charge in [-0.2, -0.15) is 0 Å². The first kappa shape index (κ1) is 30.2. The number of carbonyl (C=O) groups excluding carboxylic acids is 1. The number of rotatable bonds is 10. The van der Waals surface area contributed by atoms with E-state index in [1.165, 1.54) is 0 Å². The van der Waals surface area contributed by atoms with Gasteiger partial charge < -0.3 is 14.7 Å². The van der Waals surface area contributed by atoms with Gasteiger partial charge in [0.15, 0.2) is 0 Å². The van der Waals surface area contributed by atoms with Crippen molar-refractivity contribution >= 4 is 78.9 Å². The SMILES string of the molecule is CC1=CC(C)(C)C(CC(=O)[C@H](C)[C@@H](OP(P(P)P)P(P)P(P)P)[C@@H](C)O)C[C@@H]1O. The van der Waals surface area contributed by atoms with Crippen molar-refractivity contribution in [2.24, 2.45) is 17.3 Å². The average molecular weight is 572 g/mol. The van der Waals surface area contributed by atoms with Crippen LogP contribution in [-0.4, -0.2) is 34.3 Å². The highest BCUT2D eigenvalue weighted by Crippen LogP contribution is 3.06. The molecule has 0 saturated carbocycles. The zero-order valence-electron chi connectivity index (χ0n) is 17.8. The molecule has 8 unspecified atom stereocenters. The van der Waals surface area contributed by atoms with Crippen LogP contribution < -0.4 is 0 Å². The van der Waals surface area contributed by atoms with E-state index in [9.17, 15) is 15.0 Å². The minimum atomic E-state index is -0.757. The average Bonchev–Trinajstić information content (AvgIpc) is 2.58. The second-order valence-electron chi connectivity index (χ2n) is 8.26. The molecule has 170 valence electrons. The summed E-state index contributed by atoms with van der Waals surface area (Å²) in [5.41, 5.74) is 0.848. The van der Waals surface area contributed by atoms with E-state index >= 15 is 0 Å². The predicted molar refractivity (Wildman–Crippen MR) is 153 cm³/mol. The van der Waals surface area contributed by atoms with Crippen molar-refractivity contribution < 1.29 is 19.5 Å². The van der Waals surface area contributed by atoms with E-state index in [0.717, 1.165) is 5.57 Å². The minimum Gasteiger partial charge on any atom is -0.391 e. The molecule has 1 aliphatic rings. The largest absolute Gasteiger partial charge is 0.391 e. The Labute approximate surface area is 192 Å². The van der Waals surface area contributed by atoms with E-state index in [1.54, 1.807) is 6.92 Å². The zero-order valence-corrected chi connectivity index (χ0v) is 27.1. The Balaban J connectivity index is 2.96. The quantitative estimate of drug-likeness (QED) is 0.214. The van der Waals surface area contributed by atoms with Crippen molar-refractivity contribution in [1.82, 2.24) is 0 Å². The highest BCUT2D eigenvalue weighted by Gasteiger charge is 2.39. The van der Waals surface area contributed by atoms with Crippen molar-refractivity contribution in [1.29, 1.82) is 0 Å². The van der Waals surface area contributed by atoms with Crippen molar-refractivity contribution in [2.75, 3.05) is 0 Å². The molecule has 0 aliphatic heterocycles. The molecule has 0 amide bonds. The van der Waals surface area contributed by atoms with Crippen LogP contribution in [0.2, 0.25) is 0 Å². The maximum Gasteiger partial charge on any atom is 0.138 e. The Morgan fingerprint density at radius 1 is 1.24 bits per heavy atom. The van der Waals surface area contributed by atoms with Gasteiger partial charge in [-0.25, -0.2) is 0 Å². The second-order valence-corrected chi connectivity index (χ2v) is 40.2. The summed E-state index contributed by atoms with van der Waals surface area (Å²) in [6, 6.07) is 0. The van der Waals surface area contributed by atoms with E-state index in [1.807, 2.05) is 13.8 Å². The molecule has 12 atom stereocenters. The molecule has 13 heteroatoms. The van der Waals surface area contributed by atoms with Crippen LogP contribution in [0.4, 0.5) is 0 Å². The lowest BCUT2D eigenvalue weighted by Crippen LogP contribution is -2.39. The van der Waals surface area contributed by atoms with Gasteiger partial charge in [0.1, 0.15) is 5.78 Å². The van der Waals surface area contributed by atoms with E-state index < -0.39 is 45.7 Å². The molecule has 0 aromatic carbocycles. The minimum absolute atomic E-state index is 0.0821. The summed E-state index contributed by atoms with van der Waals surface area (Å²) in [4.78, 5) is 13.2. The van der Waals surface area contributed by atoms with Crippen LogP contribution in [-0.2, 0) is 9.32 Å². The van der Waals surface area contributed by atoms with Crippen LogP contribution in [0.3, 0.4) is 0 Å². The molecule has 0 bridgehead atoms. The summed E-state index contributed by atoms with van der Waals surface area (Å²) in [6.07, 6.45) is 1.39. The number of aliphatic hydroxyl groups excluding tert-OH is 2. The van der Waals surface area contributed by atoms with Crippen molar-refractivity contribution in [3.63, 3.8) is 0 Å². The highest BCUT2D eigenvalue weighted by atomic mass is 33.1. The van der Waals surface area contributed by atoms with Gasteiger partial charge in [-0.1, -0.05) is 35.8 Å². The number of Topliss-reactive ketones (excluding diaryl/α,β-unsaturated/α-hetero) is 1. The van der Waals surface area contributed by atoms with Crippen molar-refractivity contribution in [2.45, 2.75) is 65.8 Å². The molecule has 0 fully saturated rings. The lowest BCUT2D eigenvalue weighted by molar-refractivity contribution is -0.129. The molecular formula is C16H37O4P9. The zero-order chi connectivity index (χ0) is 22.7. The third-order valence-electron chi connectivity index (χ3n) is 5.43. The molecule has 0 saturated heterocycles. The fraction of sp³-hybridized carbons (Fsp3) is 0.812. The predicted octanol–water partition coefficient (Wildman–Crippen LogP) is 7.24. The molecule has 0 radical (unpaired) electrons. The summed E-state index contributed by atoms with van der Waals surface area (Å²) in [5.74, 6) is -0.203. The van der Waals surface area contributed by atoms with E-state index in [4.69, 9.17) is 4.52 Å². The van der Waals surface area contributed by atoms with Crippen LogP contribution in [0, 0.1) is 17.3 Å². The molecule has 29 heavy (non-hydrogen) atoms. The molecule has 1 rings (SSSR count). The number of carbonyl (C=O) groups is 1. The number of aliphatic hydroxyl groups is 2. The van der Waals surface area contributed by atoms with Crippen LogP contribution in [0.5, 0.6) is 0 Å². The highest BCUT2D eigenvalue weighted by molar-refractivity contribution is 9.07. The van der Waals surface area contributed by atoms with Crippen LogP contribution in [0.1, 0.15) is 47.5 Å². The third-order valence-corrected chi connectivity index (χ3v) is 45.6. The van der Waals surface area contributed by atoms with Crippen LogP contribution in [0.25, 0.3) is 0 Å². The Bertz CT molecular complexity index is 585. The third kappa shape index (κ3) is 9.03. The summed E-state index contributed by atoms with van der Waals surface area (Å²) >= 11 is 0. The molecule has 2 N–H and O–H groups in total. The van der Waals surface area contributed by atoms with Crippen LogP contribution in [0.15, 0.2) is 11.6 Å². The molecule has 1 aliphatic carbocycles. The number of hydrogen-bond acceptors (Lipinski definition) is 4. The van der Waals surface area contributed by atoms with Crippen molar-refractivity contribution in [3.05, 3.63) is 11.6 Å². The molecule has 0 spiro atoms. The summed E-state index contributed by atoms with van der Waals surface area (Å²) in [7, 11) is 13.7. The van der Waals surface area contributed by atoms with Gasteiger partial charge >= 0.3 is 0 Å². The first-order chi connectivity index (χ1) is 13.2. The van der Waals surface area contributed by atoms with Gasteiger partial charge in [0.2, 0.25) is 0 Å². The first-order valence-corrected chi connectivity index (χ1v) is 24.9. The lowest BCUT2D eigenvalue weighted by atomic mass is 9.67. The van der Waals surface area contributed by atoms with E-state index in [2.05, 4.69) is 64.6 Å². The number of hydrogen-bond donors (Lipinski definition) is 2. The van der Waals surface area contributed by atoms with Gasteiger partial charge in [0, 0.05) is 19.3 Å². The van der Waals surface area contributed by atoms with Gasteiger partial charge in [-0.05, 0) is 51.1 Å².